The van der Waals surface area contributed by atoms with Gasteiger partial charge in [0.1, 0.15) is 0 Å². The molecule has 1 aromatic heterocycles. The monoisotopic (exact) mass is 359 g/mol. The van der Waals surface area contributed by atoms with E-state index in [9.17, 15) is 13.2 Å². The first-order chi connectivity index (χ1) is 10.2. The van der Waals surface area contributed by atoms with Crippen molar-refractivity contribution in [2.45, 2.75) is 6.92 Å². The fraction of sp³-hybridized carbons (Fsp3) is 0.0714. The van der Waals surface area contributed by atoms with Crippen molar-refractivity contribution >= 4 is 45.0 Å². The first-order valence-corrected chi connectivity index (χ1v) is 8.70. The zero-order valence-electron chi connectivity index (χ0n) is 11.6. The molecule has 8 heteroatoms. The summed E-state index contributed by atoms with van der Waals surface area (Å²) in [7, 11) is -3.97. The molecule has 0 aliphatic carbocycles. The Morgan fingerprint density at radius 2 is 2.05 bits per heavy atom. The van der Waals surface area contributed by atoms with Gasteiger partial charge in [-0.15, -0.1) is 11.3 Å². The first kappa shape index (κ1) is 18.4. The highest BCUT2D eigenvalue weighted by atomic mass is 35.5. The summed E-state index contributed by atoms with van der Waals surface area (Å²) < 4.78 is 28.7. The van der Waals surface area contributed by atoms with Crippen LogP contribution in [0.2, 0.25) is 5.02 Å². The number of thiophene rings is 1. The Morgan fingerprint density at radius 3 is 2.50 bits per heavy atom. The van der Waals surface area contributed by atoms with Gasteiger partial charge in [-0.3, -0.25) is 9.35 Å². The minimum absolute atomic E-state index is 0.417. The van der Waals surface area contributed by atoms with Crippen molar-refractivity contribution in [2.24, 2.45) is 5.73 Å². The molecular weight excluding hydrogens is 346 g/mol. The van der Waals surface area contributed by atoms with Crippen molar-refractivity contribution in [3.8, 4) is 0 Å². The molecule has 1 heterocycles. The van der Waals surface area contributed by atoms with Crippen molar-refractivity contribution in [1.82, 2.24) is 0 Å². The number of primary amides is 1. The van der Waals surface area contributed by atoms with Gasteiger partial charge in [-0.05, 0) is 48.2 Å². The van der Waals surface area contributed by atoms with E-state index in [1.54, 1.807) is 37.3 Å². The third kappa shape index (κ3) is 6.86. The van der Waals surface area contributed by atoms with Crippen LogP contribution in [0.4, 0.5) is 0 Å². The number of nitrogens with two attached hydrogens (primary N) is 1. The van der Waals surface area contributed by atoms with Crippen molar-refractivity contribution < 1.29 is 17.8 Å². The van der Waals surface area contributed by atoms with E-state index in [0.717, 1.165) is 15.8 Å². The van der Waals surface area contributed by atoms with Crippen molar-refractivity contribution in [1.29, 1.82) is 0 Å². The summed E-state index contributed by atoms with van der Waals surface area (Å²) in [6.07, 6.45) is 1.35. The van der Waals surface area contributed by atoms with E-state index in [1.807, 2.05) is 5.38 Å². The summed E-state index contributed by atoms with van der Waals surface area (Å²) in [5.74, 6) is -0.417. The highest BCUT2D eigenvalue weighted by Gasteiger charge is 2.03. The van der Waals surface area contributed by atoms with E-state index in [1.165, 1.54) is 17.4 Å². The molecule has 3 N–H and O–H groups in total. The van der Waals surface area contributed by atoms with Gasteiger partial charge in [-0.1, -0.05) is 17.7 Å². The molecule has 2 aromatic rings. The lowest BCUT2D eigenvalue weighted by molar-refractivity contribution is 0.0999. The van der Waals surface area contributed by atoms with Crippen LogP contribution in [0.15, 0.2) is 41.1 Å². The molecule has 0 fully saturated rings. The van der Waals surface area contributed by atoms with Gasteiger partial charge < -0.3 is 5.73 Å². The lowest BCUT2D eigenvalue weighted by atomic mass is 10.1. The number of carbonyl (C=O) groups is 1. The molecule has 0 aliphatic heterocycles. The number of rotatable bonds is 3. The highest BCUT2D eigenvalue weighted by molar-refractivity contribution is 7.88. The second kappa shape index (κ2) is 8.09. The molecule has 1 aromatic carbocycles. The second-order valence-corrected chi connectivity index (χ2v) is 6.87. The number of aryl methyl sites for hydroxylation is 1. The SMILES string of the molecule is Cc1cc(Cl)ccc1C(N)=O.O=S(=O)(O)/C=C/c1cccs1. The Hall–Kier alpha value is -1.67. The Labute approximate surface area is 137 Å². The zero-order valence-corrected chi connectivity index (χ0v) is 14.0. The van der Waals surface area contributed by atoms with Gasteiger partial charge in [0.25, 0.3) is 10.1 Å². The summed E-state index contributed by atoms with van der Waals surface area (Å²) >= 11 is 7.07. The van der Waals surface area contributed by atoms with Crippen molar-refractivity contribution in [3.05, 3.63) is 62.1 Å². The van der Waals surface area contributed by atoms with Crippen molar-refractivity contribution in [3.63, 3.8) is 0 Å². The number of carbonyl (C=O) groups excluding carboxylic acids is 1. The number of halogens is 1. The molecule has 22 heavy (non-hydrogen) atoms. The minimum atomic E-state index is -3.97. The lowest BCUT2D eigenvalue weighted by Gasteiger charge is -1.99. The van der Waals surface area contributed by atoms with Gasteiger partial charge >= 0.3 is 0 Å². The maximum absolute atomic E-state index is 10.7. The van der Waals surface area contributed by atoms with Gasteiger partial charge in [0, 0.05) is 15.5 Å². The Balaban J connectivity index is 0.000000220. The molecule has 0 aliphatic rings. The summed E-state index contributed by atoms with van der Waals surface area (Å²) in [5.41, 5.74) is 6.42. The molecule has 0 spiro atoms. The lowest BCUT2D eigenvalue weighted by Crippen LogP contribution is -2.12. The Kier molecular flexibility index (Phi) is 6.76. The van der Waals surface area contributed by atoms with Gasteiger partial charge in [0.05, 0.1) is 5.41 Å². The summed E-state index contributed by atoms with van der Waals surface area (Å²) in [6, 6.07) is 8.54. The summed E-state index contributed by atoms with van der Waals surface area (Å²) in [6.45, 7) is 1.80. The van der Waals surface area contributed by atoms with E-state index >= 15 is 0 Å². The smallest absolute Gasteiger partial charge is 0.287 e. The normalized spacial score (nSPS) is 11.0. The highest BCUT2D eigenvalue weighted by Crippen LogP contribution is 2.14. The van der Waals surface area contributed by atoms with Crippen LogP contribution < -0.4 is 5.73 Å². The average Bonchev–Trinajstić information content (AvgIpc) is 2.89. The standard InChI is InChI=1S/C8H8ClNO.C6H6O3S2/c1-5-4-6(9)2-3-7(5)8(10)11;7-11(8,9)5-3-6-2-1-4-10-6/h2-4H,1H3,(H2,10,11);1-5H,(H,7,8,9)/b;5-3+. The van der Waals surface area contributed by atoms with E-state index in [0.29, 0.717) is 10.6 Å². The topological polar surface area (TPSA) is 97.5 Å². The van der Waals surface area contributed by atoms with Crippen LogP contribution in [0.3, 0.4) is 0 Å². The fourth-order valence-electron chi connectivity index (χ4n) is 1.44. The molecule has 5 nitrogen and oxygen atoms in total. The number of hydrogen-bond acceptors (Lipinski definition) is 4. The van der Waals surface area contributed by atoms with Crippen LogP contribution in [-0.4, -0.2) is 18.9 Å². The fourth-order valence-corrected chi connectivity index (χ4v) is 2.69. The van der Waals surface area contributed by atoms with Gasteiger partial charge in [0.15, 0.2) is 0 Å². The predicted molar refractivity (Wildman–Crippen MR) is 89.6 cm³/mol. The first-order valence-electron chi connectivity index (χ1n) is 5.94. The molecule has 1 amide bonds. The number of benzene rings is 1. The average molecular weight is 360 g/mol. The number of amides is 1. The van der Waals surface area contributed by atoms with Crippen LogP contribution in [0.1, 0.15) is 20.8 Å². The maximum atomic E-state index is 10.7. The van der Waals surface area contributed by atoms with Crippen LogP contribution in [0.5, 0.6) is 0 Å². The van der Waals surface area contributed by atoms with Crippen LogP contribution in [-0.2, 0) is 10.1 Å². The maximum Gasteiger partial charge on any atom is 0.287 e. The second-order valence-electron chi connectivity index (χ2n) is 4.16. The third-order valence-electron chi connectivity index (χ3n) is 2.40. The third-order valence-corrected chi connectivity index (χ3v) is 3.95. The largest absolute Gasteiger partial charge is 0.366 e. The van der Waals surface area contributed by atoms with E-state index < -0.39 is 16.0 Å². The van der Waals surface area contributed by atoms with Gasteiger partial charge in [-0.25, -0.2) is 0 Å². The molecular formula is C14H14ClNO4S2. The molecule has 0 saturated heterocycles. The van der Waals surface area contributed by atoms with E-state index in [2.05, 4.69) is 0 Å². The predicted octanol–water partition coefficient (Wildman–Crippen LogP) is 3.35. The van der Waals surface area contributed by atoms with Crippen molar-refractivity contribution in [2.75, 3.05) is 0 Å². The molecule has 0 atom stereocenters. The quantitative estimate of drug-likeness (QED) is 0.821. The van der Waals surface area contributed by atoms with Gasteiger partial charge in [0.2, 0.25) is 5.91 Å². The van der Waals surface area contributed by atoms with Gasteiger partial charge in [-0.2, -0.15) is 8.42 Å². The van der Waals surface area contributed by atoms with Crippen LogP contribution in [0.25, 0.3) is 6.08 Å². The molecule has 0 unspecified atom stereocenters. The van der Waals surface area contributed by atoms with Crippen LogP contribution >= 0.6 is 22.9 Å². The Bertz CT molecular complexity index is 768. The van der Waals surface area contributed by atoms with Crippen LogP contribution in [0, 0.1) is 6.92 Å². The molecule has 0 radical (unpaired) electrons. The summed E-state index contributed by atoms with van der Waals surface area (Å²) in [4.78, 5) is 11.5. The van der Waals surface area contributed by atoms with E-state index in [4.69, 9.17) is 21.9 Å². The minimum Gasteiger partial charge on any atom is -0.366 e. The molecule has 2 rings (SSSR count). The Morgan fingerprint density at radius 1 is 1.36 bits per heavy atom. The zero-order chi connectivity index (χ0) is 16.8. The molecule has 0 bridgehead atoms. The molecule has 118 valence electrons. The summed E-state index contributed by atoms with van der Waals surface area (Å²) in [5, 5.41) is 3.20. The number of hydrogen-bond donors (Lipinski definition) is 2. The molecule has 0 saturated carbocycles. The van der Waals surface area contributed by atoms with E-state index in [-0.39, 0.29) is 0 Å².